The minimum absolute atomic E-state index is 0.321. The first kappa shape index (κ1) is 16.2. The summed E-state index contributed by atoms with van der Waals surface area (Å²) in [5.74, 6) is 1.16. The average molecular weight is 455 g/mol. The molecule has 0 bridgehead atoms. The van der Waals surface area contributed by atoms with E-state index < -0.39 is 9.93 Å². The second kappa shape index (κ2) is 5.09. The van der Waals surface area contributed by atoms with Crippen LogP contribution in [-0.4, -0.2) is 6.61 Å². The van der Waals surface area contributed by atoms with Gasteiger partial charge in [0.15, 0.2) is 5.60 Å². The van der Waals surface area contributed by atoms with Crippen LogP contribution in [0.4, 0.5) is 0 Å². The Bertz CT molecular complexity index is 856. The van der Waals surface area contributed by atoms with Crippen molar-refractivity contribution in [3.63, 3.8) is 0 Å². The van der Waals surface area contributed by atoms with Gasteiger partial charge >= 0.3 is 0 Å². The lowest BCUT2D eigenvalue weighted by Gasteiger charge is -2.43. The number of benzene rings is 2. The molecule has 2 unspecified atom stereocenters. The third-order valence-corrected chi connectivity index (χ3v) is 6.85. The molecular formula is C16H9BrCl4O2. The van der Waals surface area contributed by atoms with E-state index in [2.05, 4.69) is 15.9 Å². The van der Waals surface area contributed by atoms with Crippen molar-refractivity contribution < 1.29 is 9.47 Å². The monoisotopic (exact) mass is 452 g/mol. The van der Waals surface area contributed by atoms with Gasteiger partial charge in [-0.3, -0.25) is 0 Å². The first-order chi connectivity index (χ1) is 10.8. The third-order valence-electron chi connectivity index (χ3n) is 4.44. The molecule has 0 N–H and O–H groups in total. The molecule has 120 valence electrons. The fraction of sp³-hybridized carbons (Fsp3) is 0.250. The summed E-state index contributed by atoms with van der Waals surface area (Å²) in [6.45, 7) is 2.28. The lowest BCUT2D eigenvalue weighted by atomic mass is 9.78. The third kappa shape index (κ3) is 2.07. The number of fused-ring (bicyclic) bond motifs is 5. The van der Waals surface area contributed by atoms with Crippen LogP contribution in [0.5, 0.6) is 11.5 Å². The zero-order chi connectivity index (χ0) is 16.6. The molecular weight excluding hydrogens is 446 g/mol. The van der Waals surface area contributed by atoms with Crippen LogP contribution in [0.1, 0.15) is 18.1 Å². The molecule has 2 atom stereocenters. The van der Waals surface area contributed by atoms with E-state index in [9.17, 15) is 0 Å². The van der Waals surface area contributed by atoms with Crippen molar-refractivity contribution in [2.45, 2.75) is 16.8 Å². The van der Waals surface area contributed by atoms with Gasteiger partial charge in [-0.15, -0.1) is 0 Å². The van der Waals surface area contributed by atoms with Crippen LogP contribution < -0.4 is 9.47 Å². The van der Waals surface area contributed by atoms with E-state index in [-0.39, 0.29) is 0 Å². The highest BCUT2D eigenvalue weighted by atomic mass is 79.9. The molecule has 0 saturated carbocycles. The molecule has 0 fully saturated rings. The van der Waals surface area contributed by atoms with E-state index in [0.717, 1.165) is 11.1 Å². The van der Waals surface area contributed by atoms with Crippen molar-refractivity contribution in [2.24, 2.45) is 0 Å². The van der Waals surface area contributed by atoms with Gasteiger partial charge in [-0.1, -0.05) is 62.3 Å². The Hall–Kier alpha value is -0.320. The largest absolute Gasteiger partial charge is 0.490 e. The van der Waals surface area contributed by atoms with Crippen LogP contribution in [0, 0.1) is 0 Å². The fourth-order valence-electron chi connectivity index (χ4n) is 3.22. The molecule has 0 amide bonds. The van der Waals surface area contributed by atoms with E-state index in [0.29, 0.717) is 38.2 Å². The van der Waals surface area contributed by atoms with Crippen LogP contribution in [0.15, 0.2) is 24.3 Å². The molecule has 2 aromatic carbocycles. The van der Waals surface area contributed by atoms with E-state index in [1.165, 1.54) is 0 Å². The molecule has 0 aliphatic carbocycles. The van der Waals surface area contributed by atoms with Crippen molar-refractivity contribution in [1.82, 2.24) is 0 Å². The Balaban J connectivity index is 2.02. The summed E-state index contributed by atoms with van der Waals surface area (Å²) in [5.41, 5.74) is 0.826. The highest BCUT2D eigenvalue weighted by Gasteiger charge is 2.62. The van der Waals surface area contributed by atoms with Gasteiger partial charge in [0.05, 0.1) is 10.0 Å². The number of hydrogen-bond donors (Lipinski definition) is 0. The van der Waals surface area contributed by atoms with Crippen LogP contribution in [0.25, 0.3) is 0 Å². The predicted octanol–water partition coefficient (Wildman–Crippen LogP) is 6.59. The summed E-state index contributed by atoms with van der Waals surface area (Å²) >= 11 is 28.8. The number of halogens is 5. The predicted molar refractivity (Wildman–Crippen MR) is 97.0 cm³/mol. The van der Waals surface area contributed by atoms with E-state index in [1.807, 2.05) is 13.0 Å². The zero-order valence-electron chi connectivity index (χ0n) is 11.7. The topological polar surface area (TPSA) is 18.5 Å². The van der Waals surface area contributed by atoms with E-state index in [4.69, 9.17) is 55.9 Å². The number of rotatable bonds is 0. The smallest absolute Gasteiger partial charge is 0.158 e. The summed E-state index contributed by atoms with van der Waals surface area (Å²) in [7, 11) is 0. The Labute approximate surface area is 161 Å². The lowest BCUT2D eigenvalue weighted by Crippen LogP contribution is -2.49. The first-order valence-electron chi connectivity index (χ1n) is 6.76. The Kier molecular flexibility index (Phi) is 3.58. The van der Waals surface area contributed by atoms with Gasteiger partial charge < -0.3 is 9.47 Å². The van der Waals surface area contributed by atoms with E-state index >= 15 is 0 Å². The summed E-state index contributed by atoms with van der Waals surface area (Å²) < 4.78 is 11.6. The van der Waals surface area contributed by atoms with Gasteiger partial charge in [0, 0.05) is 21.2 Å². The maximum absolute atomic E-state index is 6.33. The number of alkyl halides is 1. The highest BCUT2D eigenvalue weighted by molar-refractivity contribution is 9.09. The molecule has 2 aromatic rings. The number of hydrogen-bond acceptors (Lipinski definition) is 2. The summed E-state index contributed by atoms with van der Waals surface area (Å²) in [5, 5.41) is 1.96. The first-order valence-corrected chi connectivity index (χ1v) is 9.06. The average Bonchev–Trinajstić information content (AvgIpc) is 2.69. The molecule has 0 saturated heterocycles. The molecule has 4 rings (SSSR count). The Morgan fingerprint density at radius 2 is 1.48 bits per heavy atom. The highest BCUT2D eigenvalue weighted by Crippen LogP contribution is 2.64. The van der Waals surface area contributed by atoms with Gasteiger partial charge in [-0.05, 0) is 31.2 Å². The normalized spacial score (nSPS) is 27.6. The van der Waals surface area contributed by atoms with Crippen molar-refractivity contribution >= 4 is 62.3 Å². The zero-order valence-corrected chi connectivity index (χ0v) is 16.3. The second-order valence-corrected chi connectivity index (χ2v) is 8.79. The van der Waals surface area contributed by atoms with Crippen molar-refractivity contribution in [1.29, 1.82) is 0 Å². The summed E-state index contributed by atoms with van der Waals surface area (Å²) in [4.78, 5) is 0. The maximum Gasteiger partial charge on any atom is 0.158 e. The summed E-state index contributed by atoms with van der Waals surface area (Å²) in [6, 6.07) is 6.95. The van der Waals surface area contributed by atoms with Crippen molar-refractivity contribution in [2.75, 3.05) is 6.61 Å². The van der Waals surface area contributed by atoms with Crippen LogP contribution in [0.3, 0.4) is 0 Å². The molecule has 0 aromatic heterocycles. The van der Waals surface area contributed by atoms with E-state index in [1.54, 1.807) is 18.2 Å². The molecule has 23 heavy (non-hydrogen) atoms. The molecule has 2 nitrogen and oxygen atoms in total. The standard InChI is InChI=1S/C16H9BrCl4O2/c1-15-9-2-7(18)4-11(20)13(9)22-6-16(15,17)10-3-8(19)5-12(21)14(10)23-15/h2-5H,6H2,1H3. The molecule has 0 radical (unpaired) electrons. The quantitative estimate of drug-likeness (QED) is 0.418. The minimum atomic E-state index is -0.786. The Morgan fingerprint density at radius 1 is 0.913 bits per heavy atom. The van der Waals surface area contributed by atoms with Crippen LogP contribution in [0.2, 0.25) is 20.1 Å². The van der Waals surface area contributed by atoms with Crippen LogP contribution in [-0.2, 0) is 9.93 Å². The molecule has 7 heteroatoms. The SMILES string of the molecule is CC12Oc3c(Cl)cc(Cl)cc3C1(Br)COc1c(Cl)cc(Cl)cc12. The lowest BCUT2D eigenvalue weighted by molar-refractivity contribution is 0.0307. The minimum Gasteiger partial charge on any atom is -0.490 e. The summed E-state index contributed by atoms with van der Waals surface area (Å²) in [6.07, 6.45) is 0. The van der Waals surface area contributed by atoms with Gasteiger partial charge in [-0.25, -0.2) is 0 Å². The van der Waals surface area contributed by atoms with Gasteiger partial charge in [0.25, 0.3) is 0 Å². The maximum atomic E-state index is 6.33. The fourth-order valence-corrected chi connectivity index (χ4v) is 5.00. The Morgan fingerprint density at radius 3 is 2.13 bits per heavy atom. The van der Waals surface area contributed by atoms with Gasteiger partial charge in [0.2, 0.25) is 0 Å². The molecule has 2 aliphatic rings. The van der Waals surface area contributed by atoms with Crippen molar-refractivity contribution in [3.05, 3.63) is 55.5 Å². The van der Waals surface area contributed by atoms with Crippen LogP contribution >= 0.6 is 62.3 Å². The van der Waals surface area contributed by atoms with Gasteiger partial charge in [-0.2, -0.15) is 0 Å². The molecule has 2 heterocycles. The second-order valence-electron chi connectivity index (χ2n) is 5.75. The number of ether oxygens (including phenoxy) is 2. The molecule has 2 aliphatic heterocycles. The molecule has 0 spiro atoms. The van der Waals surface area contributed by atoms with Crippen molar-refractivity contribution in [3.8, 4) is 11.5 Å². The van der Waals surface area contributed by atoms with Gasteiger partial charge in [0.1, 0.15) is 22.4 Å².